The van der Waals surface area contributed by atoms with Crippen molar-refractivity contribution in [3.63, 3.8) is 0 Å². The first kappa shape index (κ1) is 16.6. The van der Waals surface area contributed by atoms with Gasteiger partial charge in [0.15, 0.2) is 0 Å². The van der Waals surface area contributed by atoms with Crippen LogP contribution in [0.15, 0.2) is 18.2 Å². The van der Waals surface area contributed by atoms with Crippen LogP contribution in [0, 0.1) is 0 Å². The van der Waals surface area contributed by atoms with Gasteiger partial charge in [0.25, 0.3) is 5.91 Å². The maximum absolute atomic E-state index is 12.9. The quantitative estimate of drug-likeness (QED) is 0.893. The molecular formula is C14H14ClF3N2O2. The monoisotopic (exact) mass is 334 g/mol. The minimum atomic E-state index is -4.67. The summed E-state index contributed by atoms with van der Waals surface area (Å²) in [6.07, 6.45) is -2.89. The Bertz CT molecular complexity index is 590. The number of hydrogen-bond acceptors (Lipinski definition) is 2. The number of amides is 2. The largest absolute Gasteiger partial charge is 0.417 e. The summed E-state index contributed by atoms with van der Waals surface area (Å²) in [4.78, 5) is 23.3. The van der Waals surface area contributed by atoms with Crippen LogP contribution in [0.1, 0.15) is 35.2 Å². The van der Waals surface area contributed by atoms with Gasteiger partial charge in [-0.1, -0.05) is 17.7 Å². The minimum absolute atomic E-state index is 0.0626. The molecule has 120 valence electrons. The second-order valence-corrected chi connectivity index (χ2v) is 5.43. The Morgan fingerprint density at radius 3 is 2.77 bits per heavy atom. The molecule has 0 saturated carbocycles. The van der Waals surface area contributed by atoms with Crippen LogP contribution in [0.5, 0.6) is 0 Å². The second-order valence-electron chi connectivity index (χ2n) is 5.03. The summed E-state index contributed by atoms with van der Waals surface area (Å²) >= 11 is 5.74. The molecule has 1 saturated heterocycles. The molecule has 0 spiro atoms. The van der Waals surface area contributed by atoms with Gasteiger partial charge in [0, 0.05) is 19.0 Å². The molecular weight excluding hydrogens is 321 g/mol. The third-order valence-electron chi connectivity index (χ3n) is 3.38. The summed E-state index contributed by atoms with van der Waals surface area (Å²) in [5.41, 5.74) is -1.68. The molecule has 2 N–H and O–H groups in total. The van der Waals surface area contributed by atoms with Crippen molar-refractivity contribution in [3.8, 4) is 0 Å². The van der Waals surface area contributed by atoms with Crippen molar-refractivity contribution in [2.45, 2.75) is 31.5 Å². The Balaban J connectivity index is 2.11. The fourth-order valence-corrected chi connectivity index (χ4v) is 2.59. The molecule has 1 aliphatic heterocycles. The van der Waals surface area contributed by atoms with E-state index in [0.29, 0.717) is 19.3 Å². The van der Waals surface area contributed by atoms with Crippen molar-refractivity contribution >= 4 is 23.4 Å². The van der Waals surface area contributed by atoms with Crippen LogP contribution in [0.3, 0.4) is 0 Å². The maximum Gasteiger partial charge on any atom is 0.417 e. The van der Waals surface area contributed by atoms with Crippen LogP contribution in [0.4, 0.5) is 13.2 Å². The van der Waals surface area contributed by atoms with Crippen LogP contribution >= 0.6 is 11.6 Å². The van der Waals surface area contributed by atoms with E-state index in [-0.39, 0.29) is 23.5 Å². The van der Waals surface area contributed by atoms with Crippen LogP contribution < -0.4 is 10.6 Å². The molecule has 0 aromatic heterocycles. The van der Waals surface area contributed by atoms with Crippen LogP contribution in [-0.2, 0) is 11.0 Å². The Hall–Kier alpha value is -1.76. The molecule has 22 heavy (non-hydrogen) atoms. The first-order chi connectivity index (χ1) is 10.3. The zero-order chi connectivity index (χ0) is 16.3. The topological polar surface area (TPSA) is 58.2 Å². The Kier molecular flexibility index (Phi) is 4.95. The SMILES string of the molecule is O=C1CCC[C@H](CNC(=O)c2c(Cl)cccc2C(F)(F)F)N1. The lowest BCUT2D eigenvalue weighted by Crippen LogP contribution is -2.46. The van der Waals surface area contributed by atoms with Gasteiger partial charge >= 0.3 is 6.18 Å². The van der Waals surface area contributed by atoms with Gasteiger partial charge in [0.05, 0.1) is 16.1 Å². The third kappa shape index (κ3) is 3.91. The van der Waals surface area contributed by atoms with Gasteiger partial charge in [-0.15, -0.1) is 0 Å². The number of hydrogen-bond donors (Lipinski definition) is 2. The molecule has 0 bridgehead atoms. The number of alkyl halides is 3. The molecule has 1 aliphatic rings. The molecule has 1 fully saturated rings. The lowest BCUT2D eigenvalue weighted by atomic mass is 10.0. The molecule has 2 amide bonds. The number of piperidine rings is 1. The Labute approximate surface area is 130 Å². The molecule has 4 nitrogen and oxygen atoms in total. The van der Waals surface area contributed by atoms with Gasteiger partial charge in [-0.2, -0.15) is 13.2 Å². The number of rotatable bonds is 3. The van der Waals surface area contributed by atoms with Crippen molar-refractivity contribution in [2.75, 3.05) is 6.54 Å². The van der Waals surface area contributed by atoms with E-state index in [1.807, 2.05) is 0 Å². The summed E-state index contributed by atoms with van der Waals surface area (Å²) < 4.78 is 38.8. The molecule has 8 heteroatoms. The number of carbonyl (C=O) groups excluding carboxylic acids is 2. The highest BCUT2D eigenvalue weighted by Gasteiger charge is 2.36. The molecule has 0 aliphatic carbocycles. The average molecular weight is 335 g/mol. The van der Waals surface area contributed by atoms with E-state index >= 15 is 0 Å². The van der Waals surface area contributed by atoms with Crippen molar-refractivity contribution < 1.29 is 22.8 Å². The Morgan fingerprint density at radius 1 is 1.41 bits per heavy atom. The highest BCUT2D eigenvalue weighted by molar-refractivity contribution is 6.34. The van der Waals surface area contributed by atoms with Gasteiger partial charge in [-0.05, 0) is 25.0 Å². The van der Waals surface area contributed by atoms with Crippen molar-refractivity contribution in [1.82, 2.24) is 10.6 Å². The summed E-state index contributed by atoms with van der Waals surface area (Å²) in [7, 11) is 0. The van der Waals surface area contributed by atoms with Crippen molar-refractivity contribution in [3.05, 3.63) is 34.3 Å². The van der Waals surface area contributed by atoms with E-state index in [0.717, 1.165) is 12.1 Å². The van der Waals surface area contributed by atoms with Gasteiger partial charge in [-0.25, -0.2) is 0 Å². The van der Waals surface area contributed by atoms with Crippen LogP contribution in [0.25, 0.3) is 0 Å². The van der Waals surface area contributed by atoms with E-state index in [1.165, 1.54) is 6.07 Å². The van der Waals surface area contributed by atoms with Gasteiger partial charge < -0.3 is 10.6 Å². The first-order valence-corrected chi connectivity index (χ1v) is 7.10. The summed E-state index contributed by atoms with van der Waals surface area (Å²) in [5.74, 6) is -1.03. The predicted octanol–water partition coefficient (Wildman–Crippen LogP) is 2.76. The van der Waals surface area contributed by atoms with Gasteiger partial charge in [0.1, 0.15) is 0 Å². The Morgan fingerprint density at radius 2 is 2.14 bits per heavy atom. The first-order valence-electron chi connectivity index (χ1n) is 6.72. The number of benzene rings is 1. The fraction of sp³-hybridized carbons (Fsp3) is 0.429. The van der Waals surface area contributed by atoms with Gasteiger partial charge in [-0.3, -0.25) is 9.59 Å². The van der Waals surface area contributed by atoms with Crippen molar-refractivity contribution in [2.24, 2.45) is 0 Å². The summed E-state index contributed by atoms with van der Waals surface area (Å²) in [5, 5.41) is 4.81. The van der Waals surface area contributed by atoms with E-state index < -0.39 is 23.2 Å². The minimum Gasteiger partial charge on any atom is -0.352 e. The maximum atomic E-state index is 12.9. The standard InChI is InChI=1S/C14H14ClF3N2O2/c15-10-5-2-4-9(14(16,17)18)12(10)13(22)19-7-8-3-1-6-11(21)20-8/h2,4-5,8H,1,3,6-7H2,(H,19,22)(H,20,21)/t8-/m1/s1. The zero-order valence-electron chi connectivity index (χ0n) is 11.5. The second kappa shape index (κ2) is 6.56. The van der Waals surface area contributed by atoms with Crippen LogP contribution in [-0.4, -0.2) is 24.4 Å². The normalized spacial score (nSPS) is 18.7. The highest BCUT2D eigenvalue weighted by Crippen LogP contribution is 2.34. The smallest absolute Gasteiger partial charge is 0.352 e. The number of carbonyl (C=O) groups is 2. The molecule has 2 rings (SSSR count). The van der Waals surface area contributed by atoms with Gasteiger partial charge in [0.2, 0.25) is 5.91 Å². The molecule has 0 radical (unpaired) electrons. The van der Waals surface area contributed by atoms with Crippen LogP contribution in [0.2, 0.25) is 5.02 Å². The number of nitrogens with one attached hydrogen (secondary N) is 2. The molecule has 1 atom stereocenters. The summed E-state index contributed by atoms with van der Waals surface area (Å²) in [6, 6.07) is 2.91. The highest BCUT2D eigenvalue weighted by atomic mass is 35.5. The lowest BCUT2D eigenvalue weighted by Gasteiger charge is -2.23. The molecule has 1 aromatic rings. The van der Waals surface area contributed by atoms with E-state index in [2.05, 4.69) is 10.6 Å². The van der Waals surface area contributed by atoms with E-state index in [4.69, 9.17) is 11.6 Å². The molecule has 1 aromatic carbocycles. The average Bonchev–Trinajstić information content (AvgIpc) is 2.43. The predicted molar refractivity (Wildman–Crippen MR) is 74.6 cm³/mol. The third-order valence-corrected chi connectivity index (χ3v) is 3.69. The number of halogens is 4. The van der Waals surface area contributed by atoms with Crippen molar-refractivity contribution in [1.29, 1.82) is 0 Å². The molecule has 1 heterocycles. The van der Waals surface area contributed by atoms with E-state index in [1.54, 1.807) is 0 Å². The summed E-state index contributed by atoms with van der Waals surface area (Å²) in [6.45, 7) is 0.0626. The van der Waals surface area contributed by atoms with E-state index in [9.17, 15) is 22.8 Å². The zero-order valence-corrected chi connectivity index (χ0v) is 12.2. The fourth-order valence-electron chi connectivity index (χ4n) is 2.33. The molecule has 0 unspecified atom stereocenters. The lowest BCUT2D eigenvalue weighted by molar-refractivity contribution is -0.138.